The van der Waals surface area contributed by atoms with E-state index in [1.165, 1.54) is 51.9 Å². The van der Waals surface area contributed by atoms with Crippen LogP contribution in [0.15, 0.2) is 23.3 Å². The van der Waals surface area contributed by atoms with Gasteiger partial charge in [0.25, 0.3) is 0 Å². The quantitative estimate of drug-likeness (QED) is 0.120. The second kappa shape index (κ2) is 13.4. The van der Waals surface area contributed by atoms with Gasteiger partial charge in [0.05, 0.1) is 12.2 Å². The highest BCUT2D eigenvalue weighted by Gasteiger charge is 2.87. The normalized spacial score (nSPS) is 36.8. The van der Waals surface area contributed by atoms with Crippen LogP contribution in [0.25, 0.3) is 0 Å². The van der Waals surface area contributed by atoms with Crippen LogP contribution in [-0.2, 0) is 23.9 Å². The Labute approximate surface area is 263 Å². The van der Waals surface area contributed by atoms with Gasteiger partial charge in [-0.15, -0.1) is 0 Å². The van der Waals surface area contributed by atoms with Crippen LogP contribution in [0.1, 0.15) is 125 Å². The van der Waals surface area contributed by atoms with E-state index in [-0.39, 0.29) is 25.4 Å². The number of unbranched alkanes of at least 4 members (excludes halogenated alkanes) is 10. The smallest absolute Gasteiger partial charge is 0.306 e. The van der Waals surface area contributed by atoms with E-state index in [1.54, 1.807) is 26.0 Å². The fourth-order valence-electron chi connectivity index (χ4n) is 9.18. The number of fused-ring (bicyclic) bond motifs is 5. The van der Waals surface area contributed by atoms with E-state index in [0.29, 0.717) is 17.6 Å². The Hall–Kier alpha value is -2.03. The minimum atomic E-state index is -1.93. The van der Waals surface area contributed by atoms with Gasteiger partial charge in [-0.3, -0.25) is 14.4 Å². The largest absolute Gasteiger partial charge is 0.458 e. The maximum absolute atomic E-state index is 13.4. The van der Waals surface area contributed by atoms with Gasteiger partial charge in [0, 0.05) is 48.9 Å². The zero-order valence-electron chi connectivity index (χ0n) is 27.8. The van der Waals surface area contributed by atoms with Crippen LogP contribution in [0.2, 0.25) is 0 Å². The number of carbonyl (C=O) groups excluding carboxylic acids is 3. The van der Waals surface area contributed by atoms with Crippen LogP contribution < -0.4 is 0 Å². The van der Waals surface area contributed by atoms with Crippen LogP contribution in [0.4, 0.5) is 0 Å². The molecule has 2 saturated carbocycles. The number of hydrogen-bond acceptors (Lipinski definition) is 8. The Morgan fingerprint density at radius 1 is 0.955 bits per heavy atom. The van der Waals surface area contributed by atoms with Crippen molar-refractivity contribution in [2.24, 2.45) is 29.1 Å². The molecule has 0 spiro atoms. The van der Waals surface area contributed by atoms with Crippen LogP contribution in [0, 0.1) is 29.1 Å². The second-order valence-corrected chi connectivity index (χ2v) is 14.7. The summed E-state index contributed by atoms with van der Waals surface area (Å²) in [5.41, 5.74) is -4.71. The van der Waals surface area contributed by atoms with Gasteiger partial charge in [0.2, 0.25) is 0 Å². The summed E-state index contributed by atoms with van der Waals surface area (Å²) in [6, 6.07) is 0. The van der Waals surface area contributed by atoms with Crippen molar-refractivity contribution < 1.29 is 39.2 Å². The molecule has 44 heavy (non-hydrogen) atoms. The molecule has 0 unspecified atom stereocenters. The minimum absolute atomic E-state index is 0.108. The number of aliphatic hydroxyl groups is 3. The first-order valence-electron chi connectivity index (χ1n) is 17.1. The first kappa shape index (κ1) is 34.8. The molecule has 0 aromatic carbocycles. The van der Waals surface area contributed by atoms with Gasteiger partial charge in [0.1, 0.15) is 11.7 Å². The molecule has 0 aromatic heterocycles. The number of ether oxygens (including phenoxy) is 2. The highest BCUT2D eigenvalue weighted by molar-refractivity contribution is 6.04. The van der Waals surface area contributed by atoms with E-state index in [4.69, 9.17) is 9.47 Å². The summed E-state index contributed by atoms with van der Waals surface area (Å²) in [5, 5.41) is 34.7. The summed E-state index contributed by atoms with van der Waals surface area (Å²) in [6.07, 6.45) is 15.5. The lowest BCUT2D eigenvalue weighted by Gasteiger charge is -2.53. The fourth-order valence-corrected chi connectivity index (χ4v) is 9.18. The topological polar surface area (TPSA) is 130 Å². The van der Waals surface area contributed by atoms with Crippen LogP contribution >= 0.6 is 0 Å². The molecule has 0 heterocycles. The lowest BCUT2D eigenvalue weighted by atomic mass is 9.59. The monoisotopic (exact) mass is 616 g/mol. The van der Waals surface area contributed by atoms with E-state index < -0.39 is 63.7 Å². The molecule has 0 radical (unpaired) electrons. The third-order valence-corrected chi connectivity index (χ3v) is 11.5. The third kappa shape index (κ3) is 5.84. The number of Topliss-reactive ketones (excluding diaryl/α,β-unsaturated/α-hetero) is 1. The second-order valence-electron chi connectivity index (χ2n) is 14.7. The molecular weight excluding hydrogens is 560 g/mol. The van der Waals surface area contributed by atoms with Crippen molar-refractivity contribution in [3.05, 3.63) is 23.3 Å². The van der Waals surface area contributed by atoms with Crippen LogP contribution in [-0.4, -0.2) is 62.6 Å². The van der Waals surface area contributed by atoms with Crippen molar-refractivity contribution in [1.29, 1.82) is 0 Å². The molecule has 4 aliphatic rings. The highest BCUT2D eigenvalue weighted by atomic mass is 16.6. The predicted molar refractivity (Wildman–Crippen MR) is 167 cm³/mol. The molecule has 0 amide bonds. The fraction of sp³-hybridized carbons (Fsp3) is 0.806. The number of ketones is 1. The molecular formula is C36H56O8. The summed E-state index contributed by atoms with van der Waals surface area (Å²) < 4.78 is 12.3. The van der Waals surface area contributed by atoms with Gasteiger partial charge < -0.3 is 24.8 Å². The SMILES string of the molecule is CCCCCCCCCCCCCC(=O)O[C@@]12[C@H](OC(C)=O)[C@@H](C)[C@@]3(O)[C@@H](C=C(CO)C[C@]4(O)C(=O)C(C)=C[C@@H]34)[C@@H]1C2(C)C. The molecule has 8 heteroatoms. The summed E-state index contributed by atoms with van der Waals surface area (Å²) in [7, 11) is 0. The highest BCUT2D eigenvalue weighted by Crippen LogP contribution is 2.77. The Balaban J connectivity index is 1.50. The summed E-state index contributed by atoms with van der Waals surface area (Å²) in [4.78, 5) is 39.1. The molecule has 248 valence electrons. The Morgan fingerprint density at radius 3 is 2.07 bits per heavy atom. The lowest BCUT2D eigenvalue weighted by Crippen LogP contribution is -2.66. The van der Waals surface area contributed by atoms with E-state index >= 15 is 0 Å². The van der Waals surface area contributed by atoms with Crippen molar-refractivity contribution in [1.82, 2.24) is 0 Å². The van der Waals surface area contributed by atoms with Gasteiger partial charge >= 0.3 is 11.9 Å². The van der Waals surface area contributed by atoms with Crippen molar-refractivity contribution in [2.75, 3.05) is 6.61 Å². The summed E-state index contributed by atoms with van der Waals surface area (Å²) >= 11 is 0. The molecule has 0 saturated heterocycles. The summed E-state index contributed by atoms with van der Waals surface area (Å²) in [5.74, 6) is -4.30. The van der Waals surface area contributed by atoms with Gasteiger partial charge in [-0.05, 0) is 24.5 Å². The van der Waals surface area contributed by atoms with E-state index in [9.17, 15) is 29.7 Å². The zero-order valence-corrected chi connectivity index (χ0v) is 27.8. The zero-order chi connectivity index (χ0) is 32.5. The number of carbonyl (C=O) groups is 3. The minimum Gasteiger partial charge on any atom is -0.458 e. The maximum atomic E-state index is 13.4. The number of rotatable bonds is 15. The molecule has 0 aliphatic heterocycles. The standard InChI is InChI=1S/C36H56O8/c1-7-8-9-10-11-12-13-14-15-16-17-18-29(39)44-36-30(33(36,5)6)27-20-26(22-37)21-34(41)28(19-23(2)31(34)40)35(27,42)24(3)32(36)43-25(4)38/h19-20,24,27-28,30,32,37,41-42H,7-18,21-22H2,1-6H3/t24-,27+,28-,30-,32-,34-,35-,36-/m1/s1. The average molecular weight is 617 g/mol. The van der Waals surface area contributed by atoms with Gasteiger partial charge in [-0.2, -0.15) is 0 Å². The average Bonchev–Trinajstić information content (AvgIpc) is 3.39. The van der Waals surface area contributed by atoms with E-state index in [0.717, 1.165) is 19.3 Å². The molecule has 0 aromatic rings. The van der Waals surface area contributed by atoms with Crippen LogP contribution in [0.3, 0.4) is 0 Å². The Bertz CT molecular complexity index is 1150. The number of hydrogen-bond donors (Lipinski definition) is 3. The van der Waals surface area contributed by atoms with Crippen molar-refractivity contribution in [2.45, 2.75) is 148 Å². The van der Waals surface area contributed by atoms with Crippen molar-refractivity contribution >= 4 is 17.7 Å². The van der Waals surface area contributed by atoms with Gasteiger partial charge in [-0.25, -0.2) is 0 Å². The predicted octanol–water partition coefficient (Wildman–Crippen LogP) is 5.75. The first-order valence-corrected chi connectivity index (χ1v) is 17.1. The van der Waals surface area contributed by atoms with Gasteiger partial charge in [0.15, 0.2) is 11.4 Å². The first-order chi connectivity index (χ1) is 20.7. The maximum Gasteiger partial charge on any atom is 0.306 e. The Kier molecular flexibility index (Phi) is 10.6. The van der Waals surface area contributed by atoms with Crippen LogP contribution in [0.5, 0.6) is 0 Å². The third-order valence-electron chi connectivity index (χ3n) is 11.5. The van der Waals surface area contributed by atoms with Gasteiger partial charge in [-0.1, -0.05) is 104 Å². The molecule has 4 rings (SSSR count). The number of esters is 2. The van der Waals surface area contributed by atoms with Crippen molar-refractivity contribution in [3.63, 3.8) is 0 Å². The molecule has 8 atom stereocenters. The van der Waals surface area contributed by atoms with E-state index in [2.05, 4.69) is 6.92 Å². The molecule has 8 nitrogen and oxygen atoms in total. The van der Waals surface area contributed by atoms with E-state index in [1.807, 2.05) is 13.8 Å². The molecule has 2 fully saturated rings. The molecule has 3 N–H and O–H groups in total. The lowest BCUT2D eigenvalue weighted by molar-refractivity contribution is -0.228. The van der Waals surface area contributed by atoms with Crippen molar-refractivity contribution in [3.8, 4) is 0 Å². The molecule has 0 bridgehead atoms. The summed E-state index contributed by atoms with van der Waals surface area (Å²) in [6.45, 7) is 10.4. The Morgan fingerprint density at radius 2 is 1.52 bits per heavy atom. The number of aliphatic hydroxyl groups excluding tert-OH is 1. The molecule has 4 aliphatic carbocycles.